The zero-order valence-electron chi connectivity index (χ0n) is 15.0. The third kappa shape index (κ3) is 3.07. The summed E-state index contributed by atoms with van der Waals surface area (Å²) in [4.78, 5) is 27.7. The van der Waals surface area contributed by atoms with Crippen LogP contribution in [-0.2, 0) is 21.7 Å². The van der Waals surface area contributed by atoms with Crippen LogP contribution in [0.25, 0.3) is 0 Å². The molecule has 0 radical (unpaired) electrons. The molecule has 1 heterocycles. The minimum atomic E-state index is -1.77. The number of nitrogens with zero attached hydrogens (tertiary/aromatic N) is 1. The second-order valence-corrected chi connectivity index (χ2v) is 7.86. The van der Waals surface area contributed by atoms with Gasteiger partial charge in [0.2, 0.25) is 0 Å². The smallest absolute Gasteiger partial charge is 0.264 e. The minimum absolute atomic E-state index is 0.00787. The lowest BCUT2D eigenvalue weighted by Crippen LogP contribution is -2.48. The van der Waals surface area contributed by atoms with Crippen molar-refractivity contribution in [3.63, 3.8) is 0 Å². The van der Waals surface area contributed by atoms with E-state index in [1.165, 1.54) is 0 Å². The molecule has 0 bridgehead atoms. The predicted octanol–water partition coefficient (Wildman–Crippen LogP) is 4.22. The van der Waals surface area contributed by atoms with Gasteiger partial charge in [-0.1, -0.05) is 54.8 Å². The molecule has 5 heteroatoms. The van der Waals surface area contributed by atoms with Crippen molar-refractivity contribution in [2.75, 3.05) is 4.90 Å². The normalized spacial score (nSPS) is 25.4. The Morgan fingerprint density at radius 1 is 1.04 bits per heavy atom. The van der Waals surface area contributed by atoms with E-state index in [9.17, 15) is 14.7 Å². The Morgan fingerprint density at radius 2 is 1.78 bits per heavy atom. The molecule has 4 nitrogen and oxygen atoms in total. The van der Waals surface area contributed by atoms with Gasteiger partial charge < -0.3 is 10.0 Å². The van der Waals surface area contributed by atoms with Crippen molar-refractivity contribution < 1.29 is 14.7 Å². The number of ketones is 1. The molecule has 0 saturated heterocycles. The van der Waals surface area contributed by atoms with Crippen molar-refractivity contribution in [2.24, 2.45) is 5.92 Å². The van der Waals surface area contributed by atoms with E-state index in [4.69, 9.17) is 11.6 Å². The van der Waals surface area contributed by atoms with Gasteiger partial charge in [-0.2, -0.15) is 0 Å². The summed E-state index contributed by atoms with van der Waals surface area (Å²) in [5.41, 5.74) is 0.366. The standard InChI is InChI=1S/C22H22ClNO3/c23-16-12-10-15(11-13-16)14-24-19-8-5-4-6-17(19)22(27,21(24)26)18-7-2-1-3-9-20(18)25/h4-6,8,10-13,18,27H,1-3,7,9,14H2/t18-,22-/m1/s1. The molecular weight excluding hydrogens is 362 g/mol. The molecule has 1 fully saturated rings. The first kappa shape index (κ1) is 18.2. The fourth-order valence-corrected chi connectivity index (χ4v) is 4.46. The number of amides is 1. The number of hydrogen-bond acceptors (Lipinski definition) is 3. The number of hydrogen-bond donors (Lipinski definition) is 1. The van der Waals surface area contributed by atoms with Gasteiger partial charge >= 0.3 is 0 Å². The average molecular weight is 384 g/mol. The van der Waals surface area contributed by atoms with Crippen molar-refractivity contribution in [2.45, 2.75) is 44.2 Å². The quantitative estimate of drug-likeness (QED) is 0.807. The maximum atomic E-state index is 13.4. The molecule has 2 aromatic rings. The molecule has 27 heavy (non-hydrogen) atoms. The summed E-state index contributed by atoms with van der Waals surface area (Å²) in [5.74, 6) is -1.09. The number of fused-ring (bicyclic) bond motifs is 1. The maximum absolute atomic E-state index is 13.4. The number of rotatable bonds is 3. The van der Waals surface area contributed by atoms with E-state index in [0.717, 1.165) is 24.8 Å². The number of anilines is 1. The Morgan fingerprint density at radius 3 is 2.56 bits per heavy atom. The van der Waals surface area contributed by atoms with E-state index >= 15 is 0 Å². The number of benzene rings is 2. The largest absolute Gasteiger partial charge is 0.375 e. The Kier molecular flexibility index (Phi) is 4.79. The van der Waals surface area contributed by atoms with Gasteiger partial charge in [0, 0.05) is 17.0 Å². The zero-order chi connectivity index (χ0) is 19.0. The molecule has 0 aromatic heterocycles. The number of Topliss-reactive ketones (excluding diaryl/α,β-unsaturated/α-hetero) is 1. The summed E-state index contributed by atoms with van der Waals surface area (Å²) < 4.78 is 0. The van der Waals surface area contributed by atoms with Crippen molar-refractivity contribution in [1.29, 1.82) is 0 Å². The monoisotopic (exact) mass is 383 g/mol. The van der Waals surface area contributed by atoms with Crippen LogP contribution >= 0.6 is 11.6 Å². The Balaban J connectivity index is 1.74. The molecule has 0 unspecified atom stereocenters. The first-order valence-corrected chi connectivity index (χ1v) is 9.80. The summed E-state index contributed by atoms with van der Waals surface area (Å²) >= 11 is 5.96. The van der Waals surface area contributed by atoms with E-state index in [-0.39, 0.29) is 5.78 Å². The zero-order valence-corrected chi connectivity index (χ0v) is 15.8. The molecule has 1 N–H and O–H groups in total. The first-order valence-electron chi connectivity index (χ1n) is 9.43. The third-order valence-corrected chi connectivity index (χ3v) is 5.99. The molecule has 1 saturated carbocycles. The molecular formula is C22H22ClNO3. The summed E-state index contributed by atoms with van der Waals surface area (Å²) in [6.45, 7) is 0.330. The molecule has 1 amide bonds. The Bertz CT molecular complexity index is 879. The van der Waals surface area contributed by atoms with Gasteiger partial charge in [-0.25, -0.2) is 0 Å². The van der Waals surface area contributed by atoms with Crippen molar-refractivity contribution >= 4 is 29.0 Å². The number of para-hydroxylation sites is 1. The van der Waals surface area contributed by atoms with Crippen LogP contribution < -0.4 is 4.90 Å². The Hall–Kier alpha value is -2.17. The van der Waals surface area contributed by atoms with Crippen LogP contribution in [0.3, 0.4) is 0 Å². The van der Waals surface area contributed by atoms with Crippen molar-refractivity contribution in [3.8, 4) is 0 Å². The topological polar surface area (TPSA) is 57.6 Å². The molecule has 2 aliphatic rings. The van der Waals surface area contributed by atoms with Crippen LogP contribution in [-0.4, -0.2) is 16.8 Å². The van der Waals surface area contributed by atoms with Crippen molar-refractivity contribution in [1.82, 2.24) is 0 Å². The van der Waals surface area contributed by atoms with Crippen LogP contribution in [0.2, 0.25) is 5.02 Å². The highest BCUT2D eigenvalue weighted by atomic mass is 35.5. The average Bonchev–Trinajstić information content (AvgIpc) is 2.82. The lowest BCUT2D eigenvalue weighted by atomic mass is 9.77. The minimum Gasteiger partial charge on any atom is -0.375 e. The number of aliphatic hydroxyl groups is 1. The van der Waals surface area contributed by atoms with E-state index < -0.39 is 17.4 Å². The summed E-state index contributed by atoms with van der Waals surface area (Å²) in [5, 5.41) is 12.2. The van der Waals surface area contributed by atoms with Crippen molar-refractivity contribution in [3.05, 3.63) is 64.7 Å². The molecule has 1 aliphatic heterocycles. The molecule has 4 rings (SSSR count). The predicted molar refractivity (Wildman–Crippen MR) is 105 cm³/mol. The number of halogens is 1. The number of carbonyl (C=O) groups excluding carboxylic acids is 2. The van der Waals surface area contributed by atoms with Crippen LogP contribution in [0, 0.1) is 5.92 Å². The van der Waals surface area contributed by atoms with E-state index in [0.29, 0.717) is 35.7 Å². The third-order valence-electron chi connectivity index (χ3n) is 5.74. The highest BCUT2D eigenvalue weighted by molar-refractivity contribution is 6.30. The highest BCUT2D eigenvalue weighted by Crippen LogP contribution is 2.47. The van der Waals surface area contributed by atoms with Gasteiger partial charge in [0.15, 0.2) is 5.60 Å². The second-order valence-electron chi connectivity index (χ2n) is 7.42. The lowest BCUT2D eigenvalue weighted by Gasteiger charge is -2.30. The molecule has 2 aromatic carbocycles. The van der Waals surface area contributed by atoms with Gasteiger partial charge in [-0.3, -0.25) is 9.59 Å². The second kappa shape index (κ2) is 7.10. The molecule has 0 spiro atoms. The Labute approximate surface area is 163 Å². The van der Waals surface area contributed by atoms with Crippen LogP contribution in [0.15, 0.2) is 48.5 Å². The molecule has 2 atom stereocenters. The summed E-state index contributed by atoms with van der Waals surface area (Å²) in [6.07, 6.45) is 3.62. The van der Waals surface area contributed by atoms with Crippen LogP contribution in [0.5, 0.6) is 0 Å². The molecule has 140 valence electrons. The fraction of sp³-hybridized carbons (Fsp3) is 0.364. The molecule has 1 aliphatic carbocycles. The van der Waals surface area contributed by atoms with Gasteiger partial charge in [-0.05, 0) is 36.6 Å². The summed E-state index contributed by atoms with van der Waals surface area (Å²) in [6, 6.07) is 14.6. The van der Waals surface area contributed by atoms with Gasteiger partial charge in [0.25, 0.3) is 5.91 Å². The first-order chi connectivity index (χ1) is 13.0. The van der Waals surface area contributed by atoms with Gasteiger partial charge in [0.05, 0.1) is 18.2 Å². The SMILES string of the molecule is O=C1CCCCC[C@H]1[C@@]1(O)C(=O)N(Cc2ccc(Cl)cc2)c2ccccc21. The fourth-order valence-electron chi connectivity index (χ4n) is 4.33. The van der Waals surface area contributed by atoms with Crippen LogP contribution in [0.4, 0.5) is 5.69 Å². The van der Waals surface area contributed by atoms with Gasteiger partial charge in [-0.15, -0.1) is 0 Å². The van der Waals surface area contributed by atoms with E-state index in [1.54, 1.807) is 23.1 Å². The highest BCUT2D eigenvalue weighted by Gasteiger charge is 2.56. The van der Waals surface area contributed by atoms with E-state index in [2.05, 4.69) is 0 Å². The van der Waals surface area contributed by atoms with E-state index in [1.807, 2.05) is 30.3 Å². The van der Waals surface area contributed by atoms with Crippen LogP contribution in [0.1, 0.15) is 43.2 Å². The summed E-state index contributed by atoms with van der Waals surface area (Å²) in [7, 11) is 0. The lowest BCUT2D eigenvalue weighted by molar-refractivity contribution is -0.150. The number of carbonyl (C=O) groups is 2. The van der Waals surface area contributed by atoms with Gasteiger partial charge in [0.1, 0.15) is 5.78 Å². The maximum Gasteiger partial charge on any atom is 0.264 e.